The Hall–Kier alpha value is -1.35. The lowest BCUT2D eigenvalue weighted by Gasteiger charge is -2.19. The van der Waals surface area contributed by atoms with E-state index in [9.17, 15) is 4.79 Å². The molecule has 1 unspecified atom stereocenters. The molecular formula is C14H22N2O. The minimum Gasteiger partial charge on any atom is -0.348 e. The van der Waals surface area contributed by atoms with Gasteiger partial charge in [-0.2, -0.15) is 0 Å². The van der Waals surface area contributed by atoms with Crippen molar-refractivity contribution in [2.45, 2.75) is 45.7 Å². The zero-order valence-electron chi connectivity index (χ0n) is 10.9. The van der Waals surface area contributed by atoms with E-state index in [2.05, 4.69) is 43.4 Å². The third-order valence-electron chi connectivity index (χ3n) is 2.98. The lowest BCUT2D eigenvalue weighted by molar-refractivity contribution is -0.123. The van der Waals surface area contributed by atoms with Crippen molar-refractivity contribution < 1.29 is 4.79 Å². The first-order chi connectivity index (χ1) is 8.08. The smallest absolute Gasteiger partial charge is 0.237 e. The fraction of sp³-hybridized carbons (Fsp3) is 0.500. The van der Waals surface area contributed by atoms with Gasteiger partial charge in [0.15, 0.2) is 0 Å². The fourth-order valence-corrected chi connectivity index (χ4v) is 1.68. The Labute approximate surface area is 103 Å². The van der Waals surface area contributed by atoms with E-state index in [1.807, 2.05) is 6.92 Å². The monoisotopic (exact) mass is 234 g/mol. The minimum atomic E-state index is -0.408. The molecule has 17 heavy (non-hydrogen) atoms. The number of amides is 1. The van der Waals surface area contributed by atoms with Gasteiger partial charge in [-0.25, -0.2) is 0 Å². The topological polar surface area (TPSA) is 55.1 Å². The van der Waals surface area contributed by atoms with Crippen molar-refractivity contribution >= 4 is 5.91 Å². The quantitative estimate of drug-likeness (QED) is 0.821. The molecule has 0 aliphatic carbocycles. The molecule has 1 aromatic rings. The SMILES string of the molecule is CCC(NC(=O)[C@@H](N)CC)c1ccc(C)cc1. The summed E-state index contributed by atoms with van der Waals surface area (Å²) in [6.07, 6.45) is 1.53. The van der Waals surface area contributed by atoms with E-state index in [4.69, 9.17) is 5.73 Å². The number of hydrogen-bond acceptors (Lipinski definition) is 2. The molecule has 0 heterocycles. The molecule has 94 valence electrons. The highest BCUT2D eigenvalue weighted by Crippen LogP contribution is 2.17. The summed E-state index contributed by atoms with van der Waals surface area (Å²) in [4.78, 5) is 11.7. The number of benzene rings is 1. The molecule has 0 saturated heterocycles. The van der Waals surface area contributed by atoms with Crippen LogP contribution in [0.25, 0.3) is 0 Å². The number of nitrogens with one attached hydrogen (secondary N) is 1. The first-order valence-electron chi connectivity index (χ1n) is 6.21. The highest BCUT2D eigenvalue weighted by molar-refractivity contribution is 5.81. The van der Waals surface area contributed by atoms with Crippen molar-refractivity contribution in [2.75, 3.05) is 0 Å². The number of rotatable bonds is 5. The van der Waals surface area contributed by atoms with Gasteiger partial charge in [0.05, 0.1) is 12.1 Å². The van der Waals surface area contributed by atoms with E-state index in [0.717, 1.165) is 12.0 Å². The van der Waals surface area contributed by atoms with Crippen LogP contribution in [0.4, 0.5) is 0 Å². The fourth-order valence-electron chi connectivity index (χ4n) is 1.68. The molecule has 0 aromatic heterocycles. The lowest BCUT2D eigenvalue weighted by atomic mass is 10.0. The van der Waals surface area contributed by atoms with Crippen LogP contribution in [0.3, 0.4) is 0 Å². The van der Waals surface area contributed by atoms with Gasteiger partial charge in [0.2, 0.25) is 5.91 Å². The second-order valence-electron chi connectivity index (χ2n) is 4.39. The summed E-state index contributed by atoms with van der Waals surface area (Å²) in [5.41, 5.74) is 8.07. The second kappa shape index (κ2) is 6.40. The van der Waals surface area contributed by atoms with Crippen molar-refractivity contribution in [3.63, 3.8) is 0 Å². The summed E-state index contributed by atoms with van der Waals surface area (Å²) in [6.45, 7) is 6.02. The predicted octanol–water partition coefficient (Wildman–Crippen LogP) is 2.30. The second-order valence-corrected chi connectivity index (χ2v) is 4.39. The van der Waals surface area contributed by atoms with Gasteiger partial charge in [-0.15, -0.1) is 0 Å². The molecule has 0 spiro atoms. The van der Waals surface area contributed by atoms with Gasteiger partial charge in [0, 0.05) is 0 Å². The predicted molar refractivity (Wildman–Crippen MR) is 70.6 cm³/mol. The van der Waals surface area contributed by atoms with Gasteiger partial charge in [-0.3, -0.25) is 4.79 Å². The number of hydrogen-bond donors (Lipinski definition) is 2. The third kappa shape index (κ3) is 3.86. The molecule has 3 heteroatoms. The van der Waals surface area contributed by atoms with Crippen LogP contribution in [0.2, 0.25) is 0 Å². The largest absolute Gasteiger partial charge is 0.348 e. The number of carbonyl (C=O) groups is 1. The molecule has 0 radical (unpaired) electrons. The van der Waals surface area contributed by atoms with Crippen molar-refractivity contribution in [1.82, 2.24) is 5.32 Å². The first kappa shape index (κ1) is 13.7. The summed E-state index contributed by atoms with van der Waals surface area (Å²) < 4.78 is 0. The Morgan fingerprint density at radius 1 is 1.24 bits per heavy atom. The molecular weight excluding hydrogens is 212 g/mol. The normalized spacial score (nSPS) is 14.1. The van der Waals surface area contributed by atoms with Crippen LogP contribution in [0, 0.1) is 6.92 Å². The van der Waals surface area contributed by atoms with E-state index >= 15 is 0 Å². The highest BCUT2D eigenvalue weighted by atomic mass is 16.2. The number of carbonyl (C=O) groups excluding carboxylic acids is 1. The van der Waals surface area contributed by atoms with Crippen molar-refractivity contribution in [3.8, 4) is 0 Å². The Kier molecular flexibility index (Phi) is 5.16. The standard InChI is InChI=1S/C14H22N2O/c1-4-12(15)14(17)16-13(5-2)11-8-6-10(3)7-9-11/h6-9,12-13H,4-5,15H2,1-3H3,(H,16,17)/t12-,13?/m0/s1. The molecule has 0 aliphatic rings. The molecule has 0 aliphatic heterocycles. The zero-order chi connectivity index (χ0) is 12.8. The van der Waals surface area contributed by atoms with Crippen molar-refractivity contribution in [2.24, 2.45) is 5.73 Å². The van der Waals surface area contributed by atoms with Gasteiger partial charge in [0.25, 0.3) is 0 Å². The maximum atomic E-state index is 11.7. The van der Waals surface area contributed by atoms with E-state index in [1.165, 1.54) is 5.56 Å². The van der Waals surface area contributed by atoms with Crippen LogP contribution >= 0.6 is 0 Å². The van der Waals surface area contributed by atoms with Crippen LogP contribution in [0.15, 0.2) is 24.3 Å². The van der Waals surface area contributed by atoms with Gasteiger partial charge < -0.3 is 11.1 Å². The van der Waals surface area contributed by atoms with Crippen LogP contribution < -0.4 is 11.1 Å². The molecule has 2 atom stereocenters. The number of nitrogens with two attached hydrogens (primary N) is 1. The van der Waals surface area contributed by atoms with E-state index in [0.29, 0.717) is 6.42 Å². The maximum absolute atomic E-state index is 11.7. The summed E-state index contributed by atoms with van der Waals surface area (Å²) >= 11 is 0. The molecule has 0 saturated carbocycles. The summed E-state index contributed by atoms with van der Waals surface area (Å²) in [5.74, 6) is -0.0695. The van der Waals surface area contributed by atoms with Gasteiger partial charge >= 0.3 is 0 Å². The summed E-state index contributed by atoms with van der Waals surface area (Å²) in [6, 6.07) is 7.88. The zero-order valence-corrected chi connectivity index (χ0v) is 10.9. The van der Waals surface area contributed by atoms with Crippen molar-refractivity contribution in [3.05, 3.63) is 35.4 Å². The molecule has 0 bridgehead atoms. The van der Waals surface area contributed by atoms with E-state index in [1.54, 1.807) is 0 Å². The van der Waals surface area contributed by atoms with Gasteiger partial charge in [0.1, 0.15) is 0 Å². The van der Waals surface area contributed by atoms with Crippen LogP contribution in [0.5, 0.6) is 0 Å². The third-order valence-corrected chi connectivity index (χ3v) is 2.98. The Morgan fingerprint density at radius 2 is 1.82 bits per heavy atom. The average Bonchev–Trinajstić information content (AvgIpc) is 2.35. The lowest BCUT2D eigenvalue weighted by Crippen LogP contribution is -2.41. The Bertz CT molecular complexity index is 359. The molecule has 1 aromatic carbocycles. The van der Waals surface area contributed by atoms with E-state index < -0.39 is 6.04 Å². The molecule has 0 fully saturated rings. The Balaban J connectivity index is 2.72. The van der Waals surface area contributed by atoms with Gasteiger partial charge in [-0.05, 0) is 25.3 Å². The average molecular weight is 234 g/mol. The van der Waals surface area contributed by atoms with Crippen LogP contribution in [-0.4, -0.2) is 11.9 Å². The summed E-state index contributed by atoms with van der Waals surface area (Å²) in [7, 11) is 0. The maximum Gasteiger partial charge on any atom is 0.237 e. The first-order valence-corrected chi connectivity index (χ1v) is 6.21. The van der Waals surface area contributed by atoms with Crippen molar-refractivity contribution in [1.29, 1.82) is 0 Å². The molecule has 3 N–H and O–H groups in total. The van der Waals surface area contributed by atoms with Gasteiger partial charge in [-0.1, -0.05) is 43.7 Å². The molecule has 3 nitrogen and oxygen atoms in total. The number of aryl methyl sites for hydroxylation is 1. The minimum absolute atomic E-state index is 0.0562. The molecule has 1 amide bonds. The Morgan fingerprint density at radius 3 is 2.29 bits per heavy atom. The van der Waals surface area contributed by atoms with E-state index in [-0.39, 0.29) is 11.9 Å². The van der Waals surface area contributed by atoms with Crippen LogP contribution in [-0.2, 0) is 4.79 Å². The summed E-state index contributed by atoms with van der Waals surface area (Å²) in [5, 5.41) is 2.99. The molecule has 1 rings (SSSR count). The van der Waals surface area contributed by atoms with Crippen LogP contribution in [0.1, 0.15) is 43.9 Å². The highest BCUT2D eigenvalue weighted by Gasteiger charge is 2.16.